The van der Waals surface area contributed by atoms with E-state index in [1.165, 1.54) is 0 Å². The Morgan fingerprint density at radius 2 is 1.88 bits per heavy atom. The van der Waals surface area contributed by atoms with Crippen LogP contribution in [0.4, 0.5) is 22.0 Å². The normalized spacial score (nSPS) is 15.7. The number of nitrogens with one attached hydrogen (secondary N) is 1. The van der Waals surface area contributed by atoms with E-state index in [0.29, 0.717) is 37.7 Å². The molecule has 0 radical (unpaired) electrons. The van der Waals surface area contributed by atoms with E-state index in [0.717, 1.165) is 48.3 Å². The number of carbonyl (C=O) groups is 2. The molecule has 0 spiro atoms. The van der Waals surface area contributed by atoms with Crippen molar-refractivity contribution in [3.8, 4) is 11.3 Å². The van der Waals surface area contributed by atoms with Crippen LogP contribution in [-0.2, 0) is 22.4 Å². The molecular weight excluding hydrogens is 510 g/mol. The third-order valence-electron chi connectivity index (χ3n) is 6.80. The number of nitrogen functional groups attached to an aromatic ring is 1. The average Bonchev–Trinajstić information content (AvgIpc) is 3.15. The molecule has 0 saturated carbocycles. The number of nitrogens with zero attached hydrogens (tertiary/aromatic N) is 5. The molecule has 2 aliphatic heterocycles. The summed E-state index contributed by atoms with van der Waals surface area (Å²) in [7, 11) is 0. The van der Waals surface area contributed by atoms with Gasteiger partial charge in [-0.2, -0.15) is 0 Å². The Kier molecular flexibility index (Phi) is 7.83. The quantitative estimate of drug-likeness (QED) is 0.500. The van der Waals surface area contributed by atoms with Crippen LogP contribution in [0.1, 0.15) is 48.8 Å². The Morgan fingerprint density at radius 3 is 2.65 bits per heavy atom. The summed E-state index contributed by atoms with van der Waals surface area (Å²) in [6, 6.07) is 7.84. The molecule has 1 aromatic carbocycles. The zero-order valence-electron chi connectivity index (χ0n) is 23.1. The van der Waals surface area contributed by atoms with Crippen LogP contribution >= 0.6 is 0 Å². The van der Waals surface area contributed by atoms with E-state index in [9.17, 15) is 9.59 Å². The maximum Gasteiger partial charge on any atom is 0.410 e. The fourth-order valence-corrected chi connectivity index (χ4v) is 4.85. The van der Waals surface area contributed by atoms with Gasteiger partial charge in [-0.25, -0.2) is 14.8 Å². The molecular formula is C29H35N7O4. The van der Waals surface area contributed by atoms with Gasteiger partial charge in [-0.3, -0.25) is 9.78 Å². The number of aryl methyl sites for hydroxylation is 1. The number of benzene rings is 1. The summed E-state index contributed by atoms with van der Waals surface area (Å²) in [5.41, 5.74) is 10.6. The van der Waals surface area contributed by atoms with Gasteiger partial charge in [0.1, 0.15) is 5.60 Å². The molecule has 2 aromatic heterocycles. The lowest BCUT2D eigenvalue weighted by atomic mass is 9.99. The van der Waals surface area contributed by atoms with E-state index in [1.807, 2.05) is 45.0 Å². The van der Waals surface area contributed by atoms with Gasteiger partial charge in [-0.05, 0) is 56.9 Å². The first-order valence-corrected chi connectivity index (χ1v) is 13.5. The number of ether oxygens (including phenoxy) is 2. The molecule has 40 heavy (non-hydrogen) atoms. The third-order valence-corrected chi connectivity index (χ3v) is 6.80. The first kappa shape index (κ1) is 27.3. The number of hydrogen-bond acceptors (Lipinski definition) is 9. The van der Waals surface area contributed by atoms with Gasteiger partial charge in [0.05, 0.1) is 42.7 Å². The fraction of sp³-hybridized carbons (Fsp3) is 0.414. The van der Waals surface area contributed by atoms with Crippen LogP contribution in [0.5, 0.6) is 0 Å². The number of aromatic nitrogens is 3. The van der Waals surface area contributed by atoms with Gasteiger partial charge in [0.25, 0.3) is 5.91 Å². The summed E-state index contributed by atoms with van der Waals surface area (Å²) < 4.78 is 11.0. The Morgan fingerprint density at radius 1 is 1.07 bits per heavy atom. The number of pyridine rings is 1. The van der Waals surface area contributed by atoms with Crippen LogP contribution in [0, 0.1) is 0 Å². The predicted molar refractivity (Wildman–Crippen MR) is 152 cm³/mol. The van der Waals surface area contributed by atoms with E-state index >= 15 is 0 Å². The molecule has 11 heteroatoms. The summed E-state index contributed by atoms with van der Waals surface area (Å²) in [4.78, 5) is 42.9. The maximum absolute atomic E-state index is 13.3. The number of rotatable bonds is 4. The zero-order chi connectivity index (χ0) is 28.3. The number of fused-ring (bicyclic) bond motifs is 1. The molecule has 1 saturated heterocycles. The lowest BCUT2D eigenvalue weighted by Crippen LogP contribution is -2.36. The highest BCUT2D eigenvalue weighted by Crippen LogP contribution is 2.28. The zero-order valence-corrected chi connectivity index (χ0v) is 23.1. The van der Waals surface area contributed by atoms with E-state index in [4.69, 9.17) is 15.2 Å². The van der Waals surface area contributed by atoms with Gasteiger partial charge in [0.15, 0.2) is 11.5 Å². The standard InChI is InChI=1S/C29H35N7O4/c1-29(2,3)40-28(38)36-10-4-5-19-15-20(6-7-21(19)18-36)22-17-32-26(30)25(33-22)27(37)34-23-16-31-9-8-24(23)35-11-13-39-14-12-35/h6-9,15-17H,4-5,10-14,18H2,1-3H3,(H2,30,32)(H,34,37). The van der Waals surface area contributed by atoms with E-state index in [1.54, 1.807) is 23.5 Å². The molecule has 0 aliphatic carbocycles. The molecule has 2 aliphatic rings. The van der Waals surface area contributed by atoms with Gasteiger partial charge in [0.2, 0.25) is 0 Å². The van der Waals surface area contributed by atoms with Crippen LogP contribution < -0.4 is 16.0 Å². The summed E-state index contributed by atoms with van der Waals surface area (Å²) in [5, 5.41) is 2.92. The second kappa shape index (κ2) is 11.5. The molecule has 5 rings (SSSR count). The molecule has 2 amide bonds. The monoisotopic (exact) mass is 545 g/mol. The first-order chi connectivity index (χ1) is 19.2. The lowest BCUT2D eigenvalue weighted by molar-refractivity contribution is 0.0236. The average molecular weight is 546 g/mol. The SMILES string of the molecule is CC(C)(C)OC(=O)N1CCCc2cc(-c3cnc(N)c(C(=O)Nc4cnccc4N4CCOCC4)n3)ccc2C1. The van der Waals surface area contributed by atoms with Crippen LogP contribution in [0.25, 0.3) is 11.3 Å². The summed E-state index contributed by atoms with van der Waals surface area (Å²) in [6.45, 7) is 9.37. The van der Waals surface area contributed by atoms with Crippen LogP contribution in [0.2, 0.25) is 0 Å². The van der Waals surface area contributed by atoms with Crippen LogP contribution in [0.3, 0.4) is 0 Å². The van der Waals surface area contributed by atoms with Gasteiger partial charge in [-0.15, -0.1) is 0 Å². The smallest absolute Gasteiger partial charge is 0.410 e. The summed E-state index contributed by atoms with van der Waals surface area (Å²) in [5.74, 6) is -0.419. The van der Waals surface area contributed by atoms with Crippen LogP contribution in [0.15, 0.2) is 42.9 Å². The molecule has 0 bridgehead atoms. The number of carbonyl (C=O) groups excluding carboxylic acids is 2. The second-order valence-corrected chi connectivity index (χ2v) is 10.9. The molecule has 3 N–H and O–H groups in total. The molecule has 210 valence electrons. The van der Waals surface area contributed by atoms with E-state index in [-0.39, 0.29) is 17.6 Å². The molecule has 3 aromatic rings. The second-order valence-electron chi connectivity index (χ2n) is 10.9. The Labute approximate surface area is 233 Å². The van der Waals surface area contributed by atoms with Crippen molar-refractivity contribution in [1.29, 1.82) is 0 Å². The fourth-order valence-electron chi connectivity index (χ4n) is 4.85. The minimum absolute atomic E-state index is 0.0420. The Hall–Kier alpha value is -4.25. The minimum Gasteiger partial charge on any atom is -0.444 e. The van der Waals surface area contributed by atoms with Crippen molar-refractivity contribution in [2.24, 2.45) is 0 Å². The van der Waals surface area contributed by atoms with Gasteiger partial charge in [-0.1, -0.05) is 12.1 Å². The number of hydrogen-bond donors (Lipinski definition) is 2. The lowest BCUT2D eigenvalue weighted by Gasteiger charge is -2.30. The molecule has 11 nitrogen and oxygen atoms in total. The Balaban J connectivity index is 1.36. The van der Waals surface area contributed by atoms with Crippen molar-refractivity contribution >= 4 is 29.2 Å². The molecule has 1 fully saturated rings. The summed E-state index contributed by atoms with van der Waals surface area (Å²) >= 11 is 0. The number of amides is 2. The van der Waals surface area contributed by atoms with E-state index in [2.05, 4.69) is 25.2 Å². The molecule has 0 unspecified atom stereocenters. The van der Waals surface area contributed by atoms with Crippen molar-refractivity contribution < 1.29 is 19.1 Å². The van der Waals surface area contributed by atoms with Crippen molar-refractivity contribution in [3.05, 3.63) is 59.7 Å². The summed E-state index contributed by atoms with van der Waals surface area (Å²) in [6.07, 6.45) is 6.19. The van der Waals surface area contributed by atoms with Crippen molar-refractivity contribution in [3.63, 3.8) is 0 Å². The van der Waals surface area contributed by atoms with Gasteiger partial charge < -0.3 is 30.3 Å². The van der Waals surface area contributed by atoms with Crippen LogP contribution in [-0.4, -0.2) is 70.3 Å². The maximum atomic E-state index is 13.3. The highest BCUT2D eigenvalue weighted by atomic mass is 16.6. The minimum atomic E-state index is -0.547. The largest absolute Gasteiger partial charge is 0.444 e. The number of anilines is 3. The van der Waals surface area contributed by atoms with Gasteiger partial charge in [0, 0.05) is 37.9 Å². The van der Waals surface area contributed by atoms with Crippen molar-refractivity contribution in [2.45, 2.75) is 45.8 Å². The number of morpholine rings is 1. The van der Waals surface area contributed by atoms with Gasteiger partial charge >= 0.3 is 6.09 Å². The predicted octanol–water partition coefficient (Wildman–Crippen LogP) is 3.89. The third kappa shape index (κ3) is 6.31. The topological polar surface area (TPSA) is 136 Å². The van der Waals surface area contributed by atoms with Crippen molar-refractivity contribution in [1.82, 2.24) is 19.9 Å². The Bertz CT molecular complexity index is 1400. The molecule has 0 atom stereocenters. The highest BCUT2D eigenvalue weighted by Gasteiger charge is 2.25. The first-order valence-electron chi connectivity index (χ1n) is 13.5. The number of nitrogens with two attached hydrogens (primary N) is 1. The molecule has 4 heterocycles. The highest BCUT2D eigenvalue weighted by molar-refractivity contribution is 6.07. The van der Waals surface area contributed by atoms with E-state index < -0.39 is 11.5 Å². The van der Waals surface area contributed by atoms with Crippen molar-refractivity contribution in [2.75, 3.05) is 48.8 Å².